The average molecular weight is 222 g/mol. The molecule has 0 amide bonds. The number of nitrogen functional groups attached to an aromatic ring is 2. The third-order valence-electron chi connectivity index (χ3n) is 1.90. The van der Waals surface area contributed by atoms with Gasteiger partial charge in [0.05, 0.1) is 5.69 Å². The molecule has 0 aliphatic heterocycles. The van der Waals surface area contributed by atoms with E-state index in [4.69, 9.17) is 11.5 Å². The Hall–Kier alpha value is -1.63. The smallest absolute Gasteiger partial charge is 0.224 e. The standard InChI is InChI=1S/C8H10N6S/c1-3-7(15-2)12-4-5(9)13-8(10)14-6(4)11-3/h1-2H3,(H4,9,10,11,13,14). The number of fused-ring (bicyclic) bond motifs is 1. The number of aromatic nitrogens is 4. The Balaban J connectivity index is 2.81. The Bertz CT molecular complexity index is 526. The quantitative estimate of drug-likeness (QED) is 0.681. The van der Waals surface area contributed by atoms with Crippen molar-refractivity contribution < 1.29 is 0 Å². The van der Waals surface area contributed by atoms with Gasteiger partial charge in [0.15, 0.2) is 17.0 Å². The highest BCUT2D eigenvalue weighted by molar-refractivity contribution is 7.98. The van der Waals surface area contributed by atoms with Crippen molar-refractivity contribution in [3.63, 3.8) is 0 Å². The summed E-state index contributed by atoms with van der Waals surface area (Å²) in [7, 11) is 0. The van der Waals surface area contributed by atoms with Gasteiger partial charge < -0.3 is 11.5 Å². The average Bonchev–Trinajstić information content (AvgIpc) is 2.16. The van der Waals surface area contributed by atoms with Crippen LogP contribution >= 0.6 is 11.8 Å². The second-order valence-electron chi connectivity index (χ2n) is 2.96. The highest BCUT2D eigenvalue weighted by Crippen LogP contribution is 2.21. The summed E-state index contributed by atoms with van der Waals surface area (Å²) in [6, 6.07) is 0. The normalized spacial score (nSPS) is 10.8. The molecule has 6 nitrogen and oxygen atoms in total. The maximum atomic E-state index is 5.69. The number of thioether (sulfide) groups is 1. The van der Waals surface area contributed by atoms with E-state index in [1.807, 2.05) is 13.2 Å². The van der Waals surface area contributed by atoms with E-state index in [1.54, 1.807) is 0 Å². The lowest BCUT2D eigenvalue weighted by Gasteiger charge is -2.04. The van der Waals surface area contributed by atoms with Crippen molar-refractivity contribution in [2.45, 2.75) is 11.9 Å². The van der Waals surface area contributed by atoms with E-state index < -0.39 is 0 Å². The molecule has 0 unspecified atom stereocenters. The molecule has 0 aromatic carbocycles. The van der Waals surface area contributed by atoms with Crippen LogP contribution in [0.15, 0.2) is 5.03 Å². The molecule has 7 heteroatoms. The van der Waals surface area contributed by atoms with E-state index in [0.29, 0.717) is 11.2 Å². The minimum absolute atomic E-state index is 0.116. The zero-order valence-electron chi connectivity index (χ0n) is 8.35. The largest absolute Gasteiger partial charge is 0.382 e. The van der Waals surface area contributed by atoms with Crippen molar-refractivity contribution in [1.82, 2.24) is 19.9 Å². The lowest BCUT2D eigenvalue weighted by Crippen LogP contribution is -2.04. The molecule has 0 atom stereocenters. The number of aryl methyl sites for hydroxylation is 1. The zero-order valence-corrected chi connectivity index (χ0v) is 9.17. The summed E-state index contributed by atoms with van der Waals surface area (Å²) < 4.78 is 0. The summed E-state index contributed by atoms with van der Waals surface area (Å²) in [6.45, 7) is 1.87. The first kappa shape index (κ1) is 9.91. The lowest BCUT2D eigenvalue weighted by molar-refractivity contribution is 1.02. The van der Waals surface area contributed by atoms with Gasteiger partial charge >= 0.3 is 0 Å². The Kier molecular flexibility index (Phi) is 2.31. The molecule has 0 aliphatic carbocycles. The van der Waals surface area contributed by atoms with Crippen molar-refractivity contribution in [2.24, 2.45) is 0 Å². The van der Waals surface area contributed by atoms with E-state index in [-0.39, 0.29) is 11.8 Å². The predicted molar refractivity (Wildman–Crippen MR) is 60.5 cm³/mol. The number of hydrogen-bond donors (Lipinski definition) is 2. The molecule has 78 valence electrons. The van der Waals surface area contributed by atoms with Crippen LogP contribution in [0.3, 0.4) is 0 Å². The van der Waals surface area contributed by atoms with Gasteiger partial charge in [-0.25, -0.2) is 9.97 Å². The zero-order chi connectivity index (χ0) is 11.0. The second kappa shape index (κ2) is 3.50. The molecule has 4 N–H and O–H groups in total. The molecule has 2 aromatic rings. The van der Waals surface area contributed by atoms with Crippen LogP contribution in [0, 0.1) is 6.92 Å². The van der Waals surface area contributed by atoms with Crippen LogP contribution in [0.25, 0.3) is 11.2 Å². The Morgan fingerprint density at radius 2 is 1.80 bits per heavy atom. The van der Waals surface area contributed by atoms with Crippen LogP contribution in [0.2, 0.25) is 0 Å². The fourth-order valence-corrected chi connectivity index (χ4v) is 1.77. The monoisotopic (exact) mass is 222 g/mol. The van der Waals surface area contributed by atoms with Crippen molar-refractivity contribution in [3.05, 3.63) is 5.69 Å². The molecule has 0 bridgehead atoms. The van der Waals surface area contributed by atoms with Crippen LogP contribution in [0.1, 0.15) is 5.69 Å². The van der Waals surface area contributed by atoms with Gasteiger partial charge in [-0.05, 0) is 13.2 Å². The second-order valence-corrected chi connectivity index (χ2v) is 3.75. The third-order valence-corrected chi connectivity index (χ3v) is 2.67. The van der Waals surface area contributed by atoms with E-state index in [2.05, 4.69) is 19.9 Å². The SMILES string of the molecule is CSc1nc2c(N)nc(N)nc2nc1C. The van der Waals surface area contributed by atoms with Crippen LogP contribution in [-0.4, -0.2) is 26.2 Å². The maximum absolute atomic E-state index is 5.69. The molecule has 0 saturated heterocycles. The van der Waals surface area contributed by atoms with Gasteiger partial charge in [0.25, 0.3) is 0 Å². The molecule has 2 rings (SSSR count). The summed E-state index contributed by atoms with van der Waals surface area (Å²) in [5, 5.41) is 0.822. The fourth-order valence-electron chi connectivity index (χ4n) is 1.25. The summed E-state index contributed by atoms with van der Waals surface area (Å²) in [5.74, 6) is 0.380. The molecule has 0 spiro atoms. The lowest BCUT2D eigenvalue weighted by atomic mass is 10.4. The first-order valence-corrected chi connectivity index (χ1v) is 5.45. The van der Waals surface area contributed by atoms with Crippen LogP contribution in [0.4, 0.5) is 11.8 Å². The summed E-state index contributed by atoms with van der Waals surface area (Å²) in [6.07, 6.45) is 1.93. The molecule has 0 aliphatic rings. The molecular weight excluding hydrogens is 212 g/mol. The van der Waals surface area contributed by atoms with Gasteiger partial charge in [-0.1, -0.05) is 0 Å². The predicted octanol–water partition coefficient (Wildman–Crippen LogP) is 0.615. The van der Waals surface area contributed by atoms with E-state index in [0.717, 1.165) is 10.7 Å². The van der Waals surface area contributed by atoms with Gasteiger partial charge in [-0.2, -0.15) is 9.97 Å². The number of nitrogens with zero attached hydrogens (tertiary/aromatic N) is 4. The summed E-state index contributed by atoms with van der Waals surface area (Å²) in [5.41, 5.74) is 12.9. The topological polar surface area (TPSA) is 104 Å². The highest BCUT2D eigenvalue weighted by Gasteiger charge is 2.09. The van der Waals surface area contributed by atoms with E-state index >= 15 is 0 Å². The van der Waals surface area contributed by atoms with Gasteiger partial charge in [0.2, 0.25) is 5.95 Å². The Morgan fingerprint density at radius 1 is 1.07 bits per heavy atom. The molecule has 0 saturated carbocycles. The fraction of sp³-hybridized carbons (Fsp3) is 0.250. The number of rotatable bonds is 1. The van der Waals surface area contributed by atoms with Gasteiger partial charge in [-0.15, -0.1) is 11.8 Å². The van der Waals surface area contributed by atoms with Crippen LogP contribution < -0.4 is 11.5 Å². The summed E-state index contributed by atoms with van der Waals surface area (Å²) >= 11 is 1.51. The van der Waals surface area contributed by atoms with E-state index in [9.17, 15) is 0 Å². The third kappa shape index (κ3) is 1.65. The van der Waals surface area contributed by atoms with Crippen molar-refractivity contribution in [1.29, 1.82) is 0 Å². The molecule has 0 fully saturated rings. The first-order valence-electron chi connectivity index (χ1n) is 4.23. The minimum atomic E-state index is 0.116. The maximum Gasteiger partial charge on any atom is 0.224 e. The van der Waals surface area contributed by atoms with Crippen molar-refractivity contribution >= 4 is 34.7 Å². The van der Waals surface area contributed by atoms with Gasteiger partial charge in [-0.3, -0.25) is 0 Å². The van der Waals surface area contributed by atoms with Gasteiger partial charge in [0.1, 0.15) is 5.03 Å². The Morgan fingerprint density at radius 3 is 2.47 bits per heavy atom. The molecule has 2 aromatic heterocycles. The van der Waals surface area contributed by atoms with Crippen LogP contribution in [0.5, 0.6) is 0 Å². The first-order chi connectivity index (χ1) is 7.11. The van der Waals surface area contributed by atoms with Crippen molar-refractivity contribution in [2.75, 3.05) is 17.7 Å². The molecule has 2 heterocycles. The minimum Gasteiger partial charge on any atom is -0.382 e. The van der Waals surface area contributed by atoms with Gasteiger partial charge in [0, 0.05) is 0 Å². The number of hydrogen-bond acceptors (Lipinski definition) is 7. The molecular formula is C8H10N6S. The number of nitrogens with two attached hydrogens (primary N) is 2. The highest BCUT2D eigenvalue weighted by atomic mass is 32.2. The van der Waals surface area contributed by atoms with Crippen LogP contribution in [-0.2, 0) is 0 Å². The molecule has 0 radical (unpaired) electrons. The van der Waals surface area contributed by atoms with E-state index in [1.165, 1.54) is 11.8 Å². The Labute approximate surface area is 90.5 Å². The summed E-state index contributed by atoms with van der Waals surface area (Å²) in [4.78, 5) is 16.4. The number of anilines is 2. The molecule has 15 heavy (non-hydrogen) atoms. The van der Waals surface area contributed by atoms with Crippen molar-refractivity contribution in [3.8, 4) is 0 Å².